The number of hydrogen-bond acceptors (Lipinski definition) is 4. The van der Waals surface area contributed by atoms with Crippen LogP contribution in [-0.2, 0) is 16.0 Å². The van der Waals surface area contributed by atoms with E-state index < -0.39 is 23.5 Å². The smallest absolute Gasteiger partial charge is 0.337 e. The van der Waals surface area contributed by atoms with Gasteiger partial charge in [-0.1, -0.05) is 30.3 Å². The van der Waals surface area contributed by atoms with Gasteiger partial charge in [-0.2, -0.15) is 0 Å². The predicted octanol–water partition coefficient (Wildman–Crippen LogP) is -0.102. The lowest BCUT2D eigenvalue weighted by Gasteiger charge is -2.20. The zero-order valence-electron chi connectivity index (χ0n) is 11.4. The van der Waals surface area contributed by atoms with Crippen LogP contribution >= 0.6 is 0 Å². The van der Waals surface area contributed by atoms with Crippen molar-refractivity contribution >= 4 is 11.9 Å². The summed E-state index contributed by atoms with van der Waals surface area (Å²) in [7, 11) is 0. The maximum absolute atomic E-state index is 11.7. The fraction of sp³-hybridized carbons (Fsp3) is 0.429. The highest BCUT2D eigenvalue weighted by Gasteiger charge is 2.30. The summed E-state index contributed by atoms with van der Waals surface area (Å²) in [5.41, 5.74) is 4.82. The molecule has 5 N–H and O–H groups in total. The Labute approximate surface area is 117 Å². The number of aliphatic carboxylic acids is 1. The van der Waals surface area contributed by atoms with E-state index in [1.807, 2.05) is 30.3 Å². The molecule has 6 heteroatoms. The maximum Gasteiger partial charge on any atom is 0.337 e. The molecule has 2 atom stereocenters. The van der Waals surface area contributed by atoms with Gasteiger partial charge in [-0.3, -0.25) is 4.79 Å². The number of carboxylic acid groups (broad SMARTS) is 1. The van der Waals surface area contributed by atoms with Gasteiger partial charge in [-0.15, -0.1) is 0 Å². The molecule has 0 aromatic heterocycles. The van der Waals surface area contributed by atoms with Gasteiger partial charge in [0.05, 0.1) is 12.6 Å². The average Bonchev–Trinajstić information content (AvgIpc) is 2.43. The molecule has 0 saturated carbocycles. The van der Waals surface area contributed by atoms with E-state index in [9.17, 15) is 14.7 Å². The molecule has 0 aliphatic heterocycles. The Morgan fingerprint density at radius 3 is 2.50 bits per heavy atom. The highest BCUT2D eigenvalue weighted by atomic mass is 16.4. The molecule has 1 aromatic rings. The van der Waals surface area contributed by atoms with E-state index >= 15 is 0 Å². The average molecular weight is 280 g/mol. The van der Waals surface area contributed by atoms with Crippen molar-refractivity contribution < 1.29 is 19.8 Å². The number of aliphatic hydroxyl groups is 1. The topological polar surface area (TPSA) is 113 Å². The van der Waals surface area contributed by atoms with E-state index in [-0.39, 0.29) is 6.54 Å². The summed E-state index contributed by atoms with van der Waals surface area (Å²) in [6, 6.07) is 8.87. The molecule has 0 bridgehead atoms. The summed E-state index contributed by atoms with van der Waals surface area (Å²) in [6.07, 6.45) is 1.11. The highest BCUT2D eigenvalue weighted by Crippen LogP contribution is 2.05. The Kier molecular flexibility index (Phi) is 5.66. The lowest BCUT2D eigenvalue weighted by molar-refractivity contribution is -0.156. The number of carbonyl (C=O) groups excluding carboxylic acids is 1. The van der Waals surface area contributed by atoms with Crippen molar-refractivity contribution in [1.82, 2.24) is 5.32 Å². The number of aryl methyl sites for hydroxylation is 1. The predicted molar refractivity (Wildman–Crippen MR) is 74.0 cm³/mol. The van der Waals surface area contributed by atoms with Gasteiger partial charge in [0, 0.05) is 0 Å². The van der Waals surface area contributed by atoms with E-state index in [4.69, 9.17) is 10.8 Å². The van der Waals surface area contributed by atoms with Gasteiger partial charge >= 0.3 is 5.97 Å². The second-order valence-corrected chi connectivity index (χ2v) is 4.93. The van der Waals surface area contributed by atoms with E-state index in [1.165, 1.54) is 0 Å². The Hall–Kier alpha value is -1.92. The molecule has 0 aliphatic rings. The third-order valence-corrected chi connectivity index (χ3v) is 2.99. The summed E-state index contributed by atoms with van der Waals surface area (Å²) < 4.78 is 0. The second kappa shape index (κ2) is 7.02. The number of carboxylic acids is 1. The van der Waals surface area contributed by atoms with Crippen LogP contribution in [0.5, 0.6) is 0 Å². The van der Waals surface area contributed by atoms with E-state index in [0.717, 1.165) is 12.5 Å². The lowest BCUT2D eigenvalue weighted by Crippen LogP contribution is -2.50. The zero-order valence-corrected chi connectivity index (χ0v) is 11.4. The van der Waals surface area contributed by atoms with Crippen molar-refractivity contribution in [3.05, 3.63) is 35.9 Å². The van der Waals surface area contributed by atoms with E-state index in [0.29, 0.717) is 12.8 Å². The molecule has 110 valence electrons. The maximum atomic E-state index is 11.7. The fourth-order valence-corrected chi connectivity index (χ4v) is 1.56. The number of hydrogen-bond donors (Lipinski definition) is 4. The molecule has 1 amide bonds. The summed E-state index contributed by atoms with van der Waals surface area (Å²) in [5, 5.41) is 20.5. The van der Waals surface area contributed by atoms with Crippen LogP contribution in [0.3, 0.4) is 0 Å². The first-order valence-corrected chi connectivity index (χ1v) is 6.36. The molecule has 20 heavy (non-hydrogen) atoms. The lowest BCUT2D eigenvalue weighted by atomic mass is 10.0. The first-order chi connectivity index (χ1) is 9.33. The molecule has 0 fully saturated rings. The van der Waals surface area contributed by atoms with Crippen molar-refractivity contribution in [2.24, 2.45) is 5.73 Å². The number of rotatable bonds is 7. The van der Waals surface area contributed by atoms with Crippen molar-refractivity contribution in [2.75, 3.05) is 6.54 Å². The van der Waals surface area contributed by atoms with Crippen molar-refractivity contribution in [1.29, 1.82) is 0 Å². The minimum atomic E-state index is -1.99. The monoisotopic (exact) mass is 280 g/mol. The second-order valence-electron chi connectivity index (χ2n) is 4.93. The van der Waals surface area contributed by atoms with Crippen molar-refractivity contribution in [2.45, 2.75) is 31.4 Å². The summed E-state index contributed by atoms with van der Waals surface area (Å²) in [5.74, 6) is -1.86. The number of nitrogens with two attached hydrogens (primary N) is 1. The van der Waals surface area contributed by atoms with E-state index in [1.54, 1.807) is 0 Å². The zero-order chi connectivity index (χ0) is 15.2. The molecule has 0 spiro atoms. The summed E-state index contributed by atoms with van der Waals surface area (Å²) in [6.45, 7) is 0.741. The molecular formula is C14H20N2O4. The molecule has 6 nitrogen and oxygen atoms in total. The molecular weight excluding hydrogens is 260 g/mol. The quantitative estimate of drug-likeness (QED) is 0.557. The van der Waals surface area contributed by atoms with Gasteiger partial charge in [0.15, 0.2) is 5.60 Å². The number of amides is 1. The number of carbonyl (C=O) groups is 2. The van der Waals surface area contributed by atoms with Crippen LogP contribution in [0.4, 0.5) is 0 Å². The van der Waals surface area contributed by atoms with E-state index in [2.05, 4.69) is 5.32 Å². The van der Waals surface area contributed by atoms with Crippen molar-refractivity contribution in [3.8, 4) is 0 Å². The molecule has 0 saturated heterocycles. The SMILES string of the molecule is CC(O)(CNC(=O)C(N)CCc1ccccc1)C(=O)O. The van der Waals surface area contributed by atoms with Gasteiger partial charge in [-0.25, -0.2) is 4.79 Å². The summed E-state index contributed by atoms with van der Waals surface area (Å²) >= 11 is 0. The Bertz CT molecular complexity index is 460. The van der Waals surface area contributed by atoms with Crippen LogP contribution in [0, 0.1) is 0 Å². The normalized spacial score (nSPS) is 15.2. The minimum absolute atomic E-state index is 0.375. The third-order valence-electron chi connectivity index (χ3n) is 2.99. The van der Waals surface area contributed by atoms with Crippen LogP contribution in [0.25, 0.3) is 0 Å². The van der Waals surface area contributed by atoms with Crippen LogP contribution in [0.15, 0.2) is 30.3 Å². The van der Waals surface area contributed by atoms with Crippen LogP contribution < -0.4 is 11.1 Å². The van der Waals surface area contributed by atoms with Gasteiger partial charge in [0.1, 0.15) is 0 Å². The largest absolute Gasteiger partial charge is 0.479 e. The number of nitrogens with one attached hydrogen (secondary N) is 1. The Morgan fingerprint density at radius 2 is 1.95 bits per heavy atom. The Balaban J connectivity index is 2.38. The molecule has 0 aliphatic carbocycles. The molecule has 1 rings (SSSR count). The van der Waals surface area contributed by atoms with Gasteiger partial charge < -0.3 is 21.3 Å². The van der Waals surface area contributed by atoms with Crippen LogP contribution in [0.2, 0.25) is 0 Å². The first-order valence-electron chi connectivity index (χ1n) is 6.36. The van der Waals surface area contributed by atoms with Crippen molar-refractivity contribution in [3.63, 3.8) is 0 Å². The van der Waals surface area contributed by atoms with Crippen LogP contribution in [0.1, 0.15) is 18.9 Å². The van der Waals surface area contributed by atoms with Gasteiger partial charge in [0.2, 0.25) is 5.91 Å². The first kappa shape index (κ1) is 16.1. The molecule has 0 radical (unpaired) electrons. The molecule has 0 heterocycles. The summed E-state index contributed by atoms with van der Waals surface area (Å²) in [4.78, 5) is 22.4. The standard InChI is InChI=1S/C14H20N2O4/c1-14(20,13(18)19)9-16-12(17)11(15)8-7-10-5-3-2-4-6-10/h2-6,11,20H,7-9,15H2,1H3,(H,16,17)(H,18,19). The van der Waals surface area contributed by atoms with Gasteiger partial charge in [-0.05, 0) is 25.3 Å². The number of benzene rings is 1. The van der Waals surface area contributed by atoms with Gasteiger partial charge in [0.25, 0.3) is 0 Å². The Morgan fingerprint density at radius 1 is 1.35 bits per heavy atom. The molecule has 1 aromatic carbocycles. The fourth-order valence-electron chi connectivity index (χ4n) is 1.56. The molecule has 2 unspecified atom stereocenters. The highest BCUT2D eigenvalue weighted by molar-refractivity contribution is 5.83. The third kappa shape index (κ3) is 4.99. The minimum Gasteiger partial charge on any atom is -0.479 e. The van der Waals surface area contributed by atoms with Crippen LogP contribution in [-0.4, -0.2) is 40.3 Å².